The van der Waals surface area contributed by atoms with E-state index in [4.69, 9.17) is 0 Å². The molecule has 19 heavy (non-hydrogen) atoms. The lowest BCUT2D eigenvalue weighted by atomic mass is 10.2. The lowest BCUT2D eigenvalue weighted by Crippen LogP contribution is -2.19. The van der Waals surface area contributed by atoms with Crippen molar-refractivity contribution in [3.63, 3.8) is 0 Å². The van der Waals surface area contributed by atoms with Crippen LogP contribution in [0.3, 0.4) is 0 Å². The van der Waals surface area contributed by atoms with Crippen molar-refractivity contribution >= 4 is 27.1 Å². The number of nitrogens with one attached hydrogen (secondary N) is 1. The van der Waals surface area contributed by atoms with Crippen molar-refractivity contribution in [3.8, 4) is 0 Å². The molecule has 0 aliphatic carbocycles. The second-order valence-electron chi connectivity index (χ2n) is 4.18. The first-order chi connectivity index (χ1) is 9.13. The molecule has 1 N–H and O–H groups in total. The Bertz CT molecular complexity index is 790. The zero-order valence-corrected chi connectivity index (χ0v) is 11.2. The average molecular weight is 273 g/mol. The molecule has 96 valence electrons. The summed E-state index contributed by atoms with van der Waals surface area (Å²) >= 11 is 1.29. The van der Waals surface area contributed by atoms with Crippen molar-refractivity contribution in [1.82, 2.24) is 19.8 Å². The fourth-order valence-electron chi connectivity index (χ4n) is 1.60. The minimum absolute atomic E-state index is 0.238. The average Bonchev–Trinajstić information content (AvgIpc) is 2.80. The van der Waals surface area contributed by atoms with E-state index >= 15 is 0 Å². The van der Waals surface area contributed by atoms with Gasteiger partial charge in [0.2, 0.25) is 10.1 Å². The molecule has 0 aliphatic rings. The number of aryl methyl sites for hydroxylation is 2. The second kappa shape index (κ2) is 4.43. The van der Waals surface area contributed by atoms with E-state index in [1.165, 1.54) is 21.4 Å². The highest BCUT2D eigenvalue weighted by Crippen LogP contribution is 2.21. The van der Waals surface area contributed by atoms with Crippen LogP contribution in [0.25, 0.3) is 4.96 Å². The Labute approximate surface area is 112 Å². The molecule has 0 saturated carbocycles. The first-order valence-electron chi connectivity index (χ1n) is 5.70. The van der Waals surface area contributed by atoms with Crippen molar-refractivity contribution in [2.75, 3.05) is 5.32 Å². The van der Waals surface area contributed by atoms with Crippen LogP contribution in [-0.2, 0) is 0 Å². The lowest BCUT2D eigenvalue weighted by molar-refractivity contribution is 0.829. The Kier molecular flexibility index (Phi) is 2.75. The van der Waals surface area contributed by atoms with Gasteiger partial charge in [-0.15, -0.1) is 15.3 Å². The van der Waals surface area contributed by atoms with Crippen LogP contribution in [-0.4, -0.2) is 19.8 Å². The minimum atomic E-state index is -0.238. The lowest BCUT2D eigenvalue weighted by Gasteiger charge is -2.01. The quantitative estimate of drug-likeness (QED) is 0.772. The summed E-state index contributed by atoms with van der Waals surface area (Å²) in [6.45, 7) is 3.65. The maximum Gasteiger partial charge on any atom is 0.296 e. The summed E-state index contributed by atoms with van der Waals surface area (Å²) in [4.78, 5) is 12.3. The van der Waals surface area contributed by atoms with Crippen LogP contribution in [0.2, 0.25) is 0 Å². The molecule has 0 unspecified atom stereocenters. The van der Waals surface area contributed by atoms with Gasteiger partial charge >= 0.3 is 0 Å². The topological polar surface area (TPSA) is 72.2 Å². The zero-order chi connectivity index (χ0) is 13.4. The van der Waals surface area contributed by atoms with E-state index in [9.17, 15) is 4.79 Å². The van der Waals surface area contributed by atoms with Crippen LogP contribution in [0.4, 0.5) is 10.8 Å². The molecule has 1 aromatic carbocycles. The minimum Gasteiger partial charge on any atom is -0.330 e. The highest BCUT2D eigenvalue weighted by atomic mass is 32.1. The van der Waals surface area contributed by atoms with Crippen LogP contribution in [0, 0.1) is 13.8 Å². The Morgan fingerprint density at radius 1 is 1.16 bits per heavy atom. The molecule has 0 bridgehead atoms. The maximum absolute atomic E-state index is 11.8. The van der Waals surface area contributed by atoms with Crippen LogP contribution in [0.15, 0.2) is 29.1 Å². The molecule has 0 radical (unpaired) electrons. The van der Waals surface area contributed by atoms with Crippen molar-refractivity contribution in [2.24, 2.45) is 0 Å². The first kappa shape index (κ1) is 11.8. The largest absolute Gasteiger partial charge is 0.330 e. The highest BCUT2D eigenvalue weighted by Gasteiger charge is 2.09. The van der Waals surface area contributed by atoms with Gasteiger partial charge in [0.05, 0.1) is 0 Å². The van der Waals surface area contributed by atoms with Gasteiger partial charge in [-0.3, -0.25) is 4.79 Å². The first-order valence-corrected chi connectivity index (χ1v) is 6.52. The van der Waals surface area contributed by atoms with Gasteiger partial charge in [-0.25, -0.2) is 0 Å². The Morgan fingerprint density at radius 3 is 2.63 bits per heavy atom. The Balaban J connectivity index is 2.00. The molecule has 0 aliphatic heterocycles. The predicted molar refractivity (Wildman–Crippen MR) is 74.1 cm³/mol. The smallest absolute Gasteiger partial charge is 0.296 e. The van der Waals surface area contributed by atoms with Crippen LogP contribution in [0.1, 0.15) is 11.3 Å². The highest BCUT2D eigenvalue weighted by molar-refractivity contribution is 7.20. The van der Waals surface area contributed by atoms with Crippen molar-refractivity contribution < 1.29 is 0 Å². The number of fused-ring (bicyclic) bond motifs is 1. The van der Waals surface area contributed by atoms with E-state index in [2.05, 4.69) is 20.6 Å². The molecule has 0 saturated heterocycles. The van der Waals surface area contributed by atoms with Gasteiger partial charge in [0.1, 0.15) is 5.69 Å². The monoisotopic (exact) mass is 273 g/mol. The number of rotatable bonds is 2. The molecule has 0 spiro atoms. The number of hydrogen-bond donors (Lipinski definition) is 1. The summed E-state index contributed by atoms with van der Waals surface area (Å²) in [6.07, 6.45) is 0. The van der Waals surface area contributed by atoms with Gasteiger partial charge in [-0.1, -0.05) is 29.0 Å². The Morgan fingerprint density at radius 2 is 1.89 bits per heavy atom. The molecular formula is C12H11N5OS. The molecule has 3 aromatic rings. The molecule has 3 rings (SSSR count). The summed E-state index contributed by atoms with van der Waals surface area (Å²) < 4.78 is 1.27. The summed E-state index contributed by atoms with van der Waals surface area (Å²) in [5.41, 5.74) is 2.21. The number of benzene rings is 1. The zero-order valence-electron chi connectivity index (χ0n) is 10.4. The fourth-order valence-corrected chi connectivity index (χ4v) is 2.36. The normalized spacial score (nSPS) is 10.8. The molecule has 2 heterocycles. The van der Waals surface area contributed by atoms with Gasteiger partial charge < -0.3 is 5.32 Å². The number of nitrogens with zero attached hydrogens (tertiary/aromatic N) is 4. The summed E-state index contributed by atoms with van der Waals surface area (Å²) in [5.74, 6) is 0. The Hall–Kier alpha value is -2.28. The molecule has 2 aromatic heterocycles. The van der Waals surface area contributed by atoms with E-state index in [1.54, 1.807) is 6.92 Å². The van der Waals surface area contributed by atoms with E-state index in [0.717, 1.165) is 5.69 Å². The van der Waals surface area contributed by atoms with E-state index in [1.807, 2.05) is 31.2 Å². The van der Waals surface area contributed by atoms with E-state index < -0.39 is 0 Å². The van der Waals surface area contributed by atoms with Crippen LogP contribution >= 0.6 is 11.3 Å². The van der Waals surface area contributed by atoms with Crippen molar-refractivity contribution in [3.05, 3.63) is 45.9 Å². The van der Waals surface area contributed by atoms with Gasteiger partial charge in [-0.05, 0) is 26.0 Å². The van der Waals surface area contributed by atoms with Gasteiger partial charge in [0.15, 0.2) is 0 Å². The second-order valence-corrected chi connectivity index (χ2v) is 5.14. The molecular weight excluding hydrogens is 262 g/mol. The molecule has 0 fully saturated rings. The van der Waals surface area contributed by atoms with Crippen molar-refractivity contribution in [1.29, 1.82) is 0 Å². The summed E-state index contributed by atoms with van der Waals surface area (Å²) in [7, 11) is 0. The third-order valence-electron chi connectivity index (χ3n) is 2.65. The molecule has 7 heteroatoms. The van der Waals surface area contributed by atoms with Crippen molar-refractivity contribution in [2.45, 2.75) is 13.8 Å². The van der Waals surface area contributed by atoms with Gasteiger partial charge in [-0.2, -0.15) is 4.52 Å². The molecule has 0 atom stereocenters. The maximum atomic E-state index is 11.8. The molecule has 0 amide bonds. The summed E-state index contributed by atoms with van der Waals surface area (Å²) in [6, 6.07) is 7.93. The predicted octanol–water partition coefficient (Wildman–Crippen LogP) is 1.91. The van der Waals surface area contributed by atoms with E-state index in [-0.39, 0.29) is 5.56 Å². The third kappa shape index (κ3) is 2.19. The van der Waals surface area contributed by atoms with Crippen LogP contribution < -0.4 is 10.9 Å². The number of hydrogen-bond acceptors (Lipinski definition) is 6. The fraction of sp³-hybridized carbons (Fsp3) is 0.167. The molecule has 6 nitrogen and oxygen atoms in total. The summed E-state index contributed by atoms with van der Waals surface area (Å²) in [5, 5.41) is 15.7. The van der Waals surface area contributed by atoms with E-state index in [0.29, 0.717) is 15.8 Å². The van der Waals surface area contributed by atoms with Gasteiger partial charge in [0, 0.05) is 5.69 Å². The number of anilines is 2. The SMILES string of the molecule is Cc1ccc(Nc2nn3c(=O)c(C)nnc3s2)cc1. The number of aromatic nitrogens is 4. The van der Waals surface area contributed by atoms with Gasteiger partial charge in [0.25, 0.3) is 5.56 Å². The van der Waals surface area contributed by atoms with Crippen LogP contribution in [0.5, 0.6) is 0 Å². The standard InChI is InChI=1S/C12H11N5OS/c1-7-3-5-9(6-4-7)13-11-16-17-10(18)8(2)14-15-12(17)19-11/h3-6H,1-2H3,(H,13,16). The third-order valence-corrected chi connectivity index (χ3v) is 3.46.